The van der Waals surface area contributed by atoms with Crippen LogP contribution < -0.4 is 4.74 Å². The summed E-state index contributed by atoms with van der Waals surface area (Å²) < 4.78 is 5.27. The fraction of sp³-hybridized carbons (Fsp3) is 0.154. The van der Waals surface area contributed by atoms with Crippen LogP contribution in [0.15, 0.2) is 30.3 Å². The number of carbonyl (C=O) groups is 1. The van der Waals surface area contributed by atoms with Crippen molar-refractivity contribution in [3.8, 4) is 5.75 Å². The minimum absolute atomic E-state index is 0.647. The zero-order chi connectivity index (χ0) is 10.8. The third-order valence-electron chi connectivity index (χ3n) is 2.55. The molecule has 0 aliphatic carbocycles. The van der Waals surface area contributed by atoms with Gasteiger partial charge in [-0.3, -0.25) is 4.79 Å². The van der Waals surface area contributed by atoms with Gasteiger partial charge in [-0.15, -0.1) is 0 Å². The molecule has 0 amide bonds. The Morgan fingerprint density at radius 2 is 2.00 bits per heavy atom. The Kier molecular flexibility index (Phi) is 2.42. The predicted octanol–water partition coefficient (Wildman–Crippen LogP) is 2.97. The highest BCUT2D eigenvalue weighted by molar-refractivity contribution is 5.95. The number of carbonyl (C=O) groups excluding carboxylic acids is 1. The number of ether oxygens (including phenoxy) is 1. The van der Waals surface area contributed by atoms with E-state index in [9.17, 15) is 4.79 Å². The van der Waals surface area contributed by atoms with Gasteiger partial charge in [0.15, 0.2) is 0 Å². The molecule has 0 saturated heterocycles. The van der Waals surface area contributed by atoms with E-state index in [1.807, 2.05) is 31.2 Å². The molecule has 0 bridgehead atoms. The number of rotatable bonds is 2. The standard InChI is InChI=1S/C13H12O2/c1-9-4-3-5-11-12(9)6-10(8-14)7-13(11)15-2/h3-8H,1-2H3. The molecule has 15 heavy (non-hydrogen) atoms. The molecule has 76 valence electrons. The van der Waals surface area contributed by atoms with Gasteiger partial charge in [-0.25, -0.2) is 0 Å². The monoisotopic (exact) mass is 200 g/mol. The van der Waals surface area contributed by atoms with Crippen LogP contribution in [-0.2, 0) is 0 Å². The van der Waals surface area contributed by atoms with Crippen molar-refractivity contribution in [1.82, 2.24) is 0 Å². The second kappa shape index (κ2) is 3.73. The highest BCUT2D eigenvalue weighted by Crippen LogP contribution is 2.28. The Morgan fingerprint density at radius 3 is 2.67 bits per heavy atom. The van der Waals surface area contributed by atoms with Crippen LogP contribution in [0.3, 0.4) is 0 Å². The Bertz CT molecular complexity index is 515. The van der Waals surface area contributed by atoms with Crippen LogP contribution in [-0.4, -0.2) is 13.4 Å². The summed E-state index contributed by atoms with van der Waals surface area (Å²) in [4.78, 5) is 10.8. The molecule has 0 saturated carbocycles. The topological polar surface area (TPSA) is 26.3 Å². The summed E-state index contributed by atoms with van der Waals surface area (Å²) in [6.45, 7) is 2.02. The number of benzene rings is 2. The van der Waals surface area contributed by atoms with Crippen molar-refractivity contribution in [3.05, 3.63) is 41.5 Å². The number of fused-ring (bicyclic) bond motifs is 1. The third kappa shape index (κ3) is 1.59. The van der Waals surface area contributed by atoms with E-state index < -0.39 is 0 Å². The third-order valence-corrected chi connectivity index (χ3v) is 2.55. The van der Waals surface area contributed by atoms with Gasteiger partial charge in [0.2, 0.25) is 0 Å². The van der Waals surface area contributed by atoms with Gasteiger partial charge in [0, 0.05) is 10.9 Å². The molecule has 2 aromatic carbocycles. The molecular weight excluding hydrogens is 188 g/mol. The van der Waals surface area contributed by atoms with Crippen molar-refractivity contribution in [2.45, 2.75) is 6.92 Å². The van der Waals surface area contributed by atoms with E-state index in [0.717, 1.165) is 28.4 Å². The van der Waals surface area contributed by atoms with Crippen LogP contribution >= 0.6 is 0 Å². The number of hydrogen-bond donors (Lipinski definition) is 0. The van der Waals surface area contributed by atoms with Crippen LogP contribution in [0.5, 0.6) is 5.75 Å². The molecule has 0 N–H and O–H groups in total. The van der Waals surface area contributed by atoms with Crippen molar-refractivity contribution in [2.75, 3.05) is 7.11 Å². The molecule has 0 radical (unpaired) electrons. The van der Waals surface area contributed by atoms with E-state index in [-0.39, 0.29) is 0 Å². The Morgan fingerprint density at radius 1 is 1.20 bits per heavy atom. The fourth-order valence-electron chi connectivity index (χ4n) is 1.76. The lowest BCUT2D eigenvalue weighted by atomic mass is 10.0. The van der Waals surface area contributed by atoms with Gasteiger partial charge in [0.1, 0.15) is 12.0 Å². The van der Waals surface area contributed by atoms with Gasteiger partial charge >= 0.3 is 0 Å². The average molecular weight is 200 g/mol. The molecule has 2 heteroatoms. The fourth-order valence-corrected chi connectivity index (χ4v) is 1.76. The number of aldehydes is 1. The molecule has 0 fully saturated rings. The largest absolute Gasteiger partial charge is 0.496 e. The maximum absolute atomic E-state index is 10.8. The van der Waals surface area contributed by atoms with Gasteiger partial charge in [-0.05, 0) is 30.0 Å². The Hall–Kier alpha value is -1.83. The normalized spacial score (nSPS) is 10.3. The summed E-state index contributed by atoms with van der Waals surface area (Å²) in [7, 11) is 1.62. The van der Waals surface area contributed by atoms with Crippen LogP contribution in [0.25, 0.3) is 10.8 Å². The summed E-state index contributed by atoms with van der Waals surface area (Å²) in [5.74, 6) is 0.748. The lowest BCUT2D eigenvalue weighted by molar-refractivity contribution is 0.112. The Balaban J connectivity index is 2.86. The second-order valence-corrected chi connectivity index (χ2v) is 3.51. The summed E-state index contributed by atoms with van der Waals surface area (Å²) in [5.41, 5.74) is 1.79. The predicted molar refractivity (Wildman–Crippen MR) is 60.6 cm³/mol. The van der Waals surface area contributed by atoms with E-state index in [1.54, 1.807) is 13.2 Å². The van der Waals surface area contributed by atoms with E-state index in [1.165, 1.54) is 0 Å². The zero-order valence-electron chi connectivity index (χ0n) is 8.78. The summed E-state index contributed by atoms with van der Waals surface area (Å²) in [5, 5.41) is 2.11. The smallest absolute Gasteiger partial charge is 0.150 e. The highest BCUT2D eigenvalue weighted by atomic mass is 16.5. The van der Waals surface area contributed by atoms with E-state index in [2.05, 4.69) is 0 Å². The number of aryl methyl sites for hydroxylation is 1. The minimum Gasteiger partial charge on any atom is -0.496 e. The molecule has 2 aromatic rings. The van der Waals surface area contributed by atoms with Crippen molar-refractivity contribution >= 4 is 17.1 Å². The van der Waals surface area contributed by atoms with Crippen LogP contribution in [0.4, 0.5) is 0 Å². The minimum atomic E-state index is 0.647. The molecule has 0 aliphatic rings. The highest BCUT2D eigenvalue weighted by Gasteiger charge is 2.05. The summed E-state index contributed by atoms with van der Waals surface area (Å²) in [6.07, 6.45) is 0.842. The maximum atomic E-state index is 10.8. The Labute approximate surface area is 88.5 Å². The van der Waals surface area contributed by atoms with E-state index in [0.29, 0.717) is 5.56 Å². The second-order valence-electron chi connectivity index (χ2n) is 3.51. The van der Waals surface area contributed by atoms with Crippen LogP contribution in [0.1, 0.15) is 15.9 Å². The number of methoxy groups -OCH3 is 1. The average Bonchev–Trinajstić information content (AvgIpc) is 2.28. The van der Waals surface area contributed by atoms with Crippen LogP contribution in [0, 0.1) is 6.92 Å². The first-order valence-electron chi connectivity index (χ1n) is 4.79. The summed E-state index contributed by atoms with van der Waals surface area (Å²) >= 11 is 0. The molecular formula is C13H12O2. The number of hydrogen-bond acceptors (Lipinski definition) is 2. The van der Waals surface area contributed by atoms with Gasteiger partial charge in [0.25, 0.3) is 0 Å². The van der Waals surface area contributed by atoms with Gasteiger partial charge < -0.3 is 4.74 Å². The van der Waals surface area contributed by atoms with Gasteiger partial charge in [-0.1, -0.05) is 18.2 Å². The van der Waals surface area contributed by atoms with Gasteiger partial charge in [0.05, 0.1) is 7.11 Å². The van der Waals surface area contributed by atoms with Crippen LogP contribution in [0.2, 0.25) is 0 Å². The van der Waals surface area contributed by atoms with E-state index >= 15 is 0 Å². The first-order chi connectivity index (χ1) is 7.26. The molecule has 0 aromatic heterocycles. The lowest BCUT2D eigenvalue weighted by Gasteiger charge is -2.08. The van der Waals surface area contributed by atoms with Gasteiger partial charge in [-0.2, -0.15) is 0 Å². The quantitative estimate of drug-likeness (QED) is 0.696. The zero-order valence-corrected chi connectivity index (χ0v) is 8.78. The summed E-state index contributed by atoms with van der Waals surface area (Å²) in [6, 6.07) is 9.65. The lowest BCUT2D eigenvalue weighted by Crippen LogP contribution is -1.89. The molecule has 0 heterocycles. The van der Waals surface area contributed by atoms with E-state index in [4.69, 9.17) is 4.74 Å². The molecule has 2 rings (SSSR count). The van der Waals surface area contributed by atoms with Crippen molar-refractivity contribution in [1.29, 1.82) is 0 Å². The first kappa shape index (κ1) is 9.71. The SMILES string of the molecule is COc1cc(C=O)cc2c(C)cccc12. The molecule has 0 spiro atoms. The molecule has 0 unspecified atom stereocenters. The maximum Gasteiger partial charge on any atom is 0.150 e. The first-order valence-corrected chi connectivity index (χ1v) is 4.79. The van der Waals surface area contributed by atoms with Crippen molar-refractivity contribution < 1.29 is 9.53 Å². The molecule has 0 aliphatic heterocycles. The molecule has 0 atom stereocenters. The van der Waals surface area contributed by atoms with Crippen molar-refractivity contribution in [2.24, 2.45) is 0 Å². The van der Waals surface area contributed by atoms with Crippen molar-refractivity contribution in [3.63, 3.8) is 0 Å². The molecule has 2 nitrogen and oxygen atoms in total.